The van der Waals surface area contributed by atoms with Crippen LogP contribution >= 0.6 is 46.7 Å². The van der Waals surface area contributed by atoms with E-state index < -0.39 is 0 Å². The van der Waals surface area contributed by atoms with Crippen LogP contribution in [-0.2, 0) is 4.74 Å². The Hall–Kier alpha value is -0.880. The lowest BCUT2D eigenvalue weighted by Crippen LogP contribution is -2.51. The largest absolute Gasteiger partial charge is 0.376 e. The third-order valence-corrected chi connectivity index (χ3v) is 7.83. The van der Waals surface area contributed by atoms with Crippen molar-refractivity contribution in [3.63, 3.8) is 0 Å². The van der Waals surface area contributed by atoms with E-state index in [0.717, 1.165) is 58.1 Å². The van der Waals surface area contributed by atoms with Gasteiger partial charge in [0.15, 0.2) is 5.96 Å². The highest BCUT2D eigenvalue weighted by molar-refractivity contribution is 14.0. The predicted molar refractivity (Wildman–Crippen MR) is 144 cm³/mol. The SMILES string of the molecule is CN=C(NCC(c1cccs1)N1CCOC(C)C1)NC1CCN(c2cccs2)CC1.I. The number of rotatable bonds is 6. The number of morpholine rings is 1. The average molecular weight is 576 g/mol. The Morgan fingerprint density at radius 1 is 1.19 bits per heavy atom. The molecule has 172 valence electrons. The van der Waals surface area contributed by atoms with E-state index in [4.69, 9.17) is 4.74 Å². The zero-order valence-electron chi connectivity index (χ0n) is 18.3. The van der Waals surface area contributed by atoms with Crippen molar-refractivity contribution in [3.05, 3.63) is 39.9 Å². The molecule has 2 saturated heterocycles. The van der Waals surface area contributed by atoms with E-state index in [1.807, 2.05) is 29.7 Å². The summed E-state index contributed by atoms with van der Waals surface area (Å²) in [5.41, 5.74) is 0. The lowest BCUT2D eigenvalue weighted by Gasteiger charge is -2.37. The van der Waals surface area contributed by atoms with Crippen LogP contribution in [0, 0.1) is 0 Å². The first-order chi connectivity index (χ1) is 14.7. The first-order valence-electron chi connectivity index (χ1n) is 10.9. The molecule has 6 nitrogen and oxygen atoms in total. The van der Waals surface area contributed by atoms with Crippen LogP contribution in [0.1, 0.15) is 30.7 Å². The second kappa shape index (κ2) is 12.4. The molecule has 2 aliphatic heterocycles. The Bertz CT molecular complexity index is 778. The molecule has 4 rings (SSSR count). The van der Waals surface area contributed by atoms with Crippen LogP contribution in [0.4, 0.5) is 5.00 Å². The number of anilines is 1. The van der Waals surface area contributed by atoms with Crippen molar-refractivity contribution < 1.29 is 4.74 Å². The van der Waals surface area contributed by atoms with E-state index in [9.17, 15) is 0 Å². The van der Waals surface area contributed by atoms with Gasteiger partial charge in [0.2, 0.25) is 0 Å². The van der Waals surface area contributed by atoms with E-state index in [1.165, 1.54) is 9.88 Å². The Labute approximate surface area is 211 Å². The van der Waals surface area contributed by atoms with E-state index >= 15 is 0 Å². The number of guanidine groups is 1. The van der Waals surface area contributed by atoms with Gasteiger partial charge in [-0.05, 0) is 48.7 Å². The third-order valence-electron chi connectivity index (χ3n) is 5.92. The van der Waals surface area contributed by atoms with Crippen molar-refractivity contribution >= 4 is 57.6 Å². The van der Waals surface area contributed by atoms with Gasteiger partial charge in [0.05, 0.1) is 23.8 Å². The molecule has 0 radical (unpaired) electrons. The minimum absolute atomic E-state index is 0. The number of hydrogen-bond acceptors (Lipinski definition) is 6. The lowest BCUT2D eigenvalue weighted by molar-refractivity contribution is -0.0334. The fourth-order valence-electron chi connectivity index (χ4n) is 4.29. The normalized spacial score (nSPS) is 22.1. The van der Waals surface area contributed by atoms with Crippen molar-refractivity contribution in [2.75, 3.05) is 51.3 Å². The molecule has 2 unspecified atom stereocenters. The first kappa shape index (κ1) is 24.8. The van der Waals surface area contributed by atoms with Crippen LogP contribution in [0.15, 0.2) is 40.0 Å². The highest BCUT2D eigenvalue weighted by atomic mass is 127. The molecule has 0 aliphatic carbocycles. The molecule has 2 aliphatic rings. The van der Waals surface area contributed by atoms with Gasteiger partial charge >= 0.3 is 0 Å². The maximum Gasteiger partial charge on any atom is 0.191 e. The molecule has 0 aromatic carbocycles. The molecule has 2 fully saturated rings. The molecular formula is C22H34IN5OS2. The van der Waals surface area contributed by atoms with Crippen molar-refractivity contribution in [2.24, 2.45) is 4.99 Å². The Morgan fingerprint density at radius 2 is 1.97 bits per heavy atom. The van der Waals surface area contributed by atoms with Crippen LogP contribution in [-0.4, -0.2) is 69.4 Å². The van der Waals surface area contributed by atoms with E-state index in [1.54, 1.807) is 0 Å². The molecule has 2 atom stereocenters. The Kier molecular flexibility index (Phi) is 9.89. The summed E-state index contributed by atoms with van der Waals surface area (Å²) < 4.78 is 5.76. The van der Waals surface area contributed by atoms with Gasteiger partial charge in [0.25, 0.3) is 0 Å². The highest BCUT2D eigenvalue weighted by Gasteiger charge is 2.27. The van der Waals surface area contributed by atoms with Crippen LogP contribution in [0.3, 0.4) is 0 Å². The topological polar surface area (TPSA) is 52.1 Å². The summed E-state index contributed by atoms with van der Waals surface area (Å²) in [7, 11) is 1.87. The van der Waals surface area contributed by atoms with Crippen molar-refractivity contribution in [1.29, 1.82) is 0 Å². The standard InChI is InChI=1S/C22H33N5OS2.HI/c1-17-16-27(11-12-28-17)19(20-5-3-13-29-20)15-24-22(23-2)25-18-7-9-26(10-8-18)21-6-4-14-30-21;/h3-6,13-14,17-19H,7-12,15-16H2,1-2H3,(H2,23,24,25);1H. The fraction of sp³-hybridized carbons (Fsp3) is 0.591. The second-order valence-corrected chi connectivity index (χ2v) is 9.92. The van der Waals surface area contributed by atoms with Crippen molar-refractivity contribution in [3.8, 4) is 0 Å². The molecule has 4 heterocycles. The molecule has 0 spiro atoms. The number of nitrogens with one attached hydrogen (secondary N) is 2. The minimum atomic E-state index is 0. The van der Waals surface area contributed by atoms with Gasteiger partial charge < -0.3 is 20.3 Å². The zero-order chi connectivity index (χ0) is 20.8. The molecular weight excluding hydrogens is 541 g/mol. The van der Waals surface area contributed by atoms with Crippen LogP contribution in [0.2, 0.25) is 0 Å². The summed E-state index contributed by atoms with van der Waals surface area (Å²) in [4.78, 5) is 10.9. The lowest BCUT2D eigenvalue weighted by atomic mass is 10.1. The molecule has 0 amide bonds. The summed E-state index contributed by atoms with van der Waals surface area (Å²) in [5, 5.41) is 13.0. The van der Waals surface area contributed by atoms with Gasteiger partial charge in [-0.2, -0.15) is 0 Å². The van der Waals surface area contributed by atoms with Crippen LogP contribution < -0.4 is 15.5 Å². The third kappa shape index (κ3) is 6.80. The van der Waals surface area contributed by atoms with Gasteiger partial charge in [0.1, 0.15) is 0 Å². The fourth-order valence-corrected chi connectivity index (χ4v) is 5.94. The summed E-state index contributed by atoms with van der Waals surface area (Å²) >= 11 is 3.66. The average Bonchev–Trinajstić information content (AvgIpc) is 3.48. The van der Waals surface area contributed by atoms with E-state index in [0.29, 0.717) is 12.1 Å². The van der Waals surface area contributed by atoms with Gasteiger partial charge in [-0.15, -0.1) is 46.7 Å². The number of ether oxygens (including phenoxy) is 1. The van der Waals surface area contributed by atoms with Gasteiger partial charge in [-0.3, -0.25) is 9.89 Å². The first-order valence-corrected chi connectivity index (χ1v) is 12.6. The Balaban J connectivity index is 0.00000272. The number of halogens is 1. The molecule has 9 heteroatoms. The summed E-state index contributed by atoms with van der Waals surface area (Å²) in [6, 6.07) is 9.55. The summed E-state index contributed by atoms with van der Waals surface area (Å²) in [5.74, 6) is 0.910. The molecule has 31 heavy (non-hydrogen) atoms. The number of hydrogen-bond donors (Lipinski definition) is 2. The summed E-state index contributed by atoms with van der Waals surface area (Å²) in [6.45, 7) is 7.95. The maximum atomic E-state index is 5.76. The maximum absolute atomic E-state index is 5.76. The van der Waals surface area contributed by atoms with Gasteiger partial charge in [-0.25, -0.2) is 0 Å². The smallest absolute Gasteiger partial charge is 0.191 e. The predicted octanol–water partition coefficient (Wildman–Crippen LogP) is 4.02. The van der Waals surface area contributed by atoms with Crippen LogP contribution in [0.5, 0.6) is 0 Å². The minimum Gasteiger partial charge on any atom is -0.376 e. The summed E-state index contributed by atoms with van der Waals surface area (Å²) in [6.07, 6.45) is 2.55. The van der Waals surface area contributed by atoms with Crippen LogP contribution in [0.25, 0.3) is 0 Å². The number of nitrogens with zero attached hydrogens (tertiary/aromatic N) is 3. The molecule has 0 saturated carbocycles. The van der Waals surface area contributed by atoms with E-state index in [2.05, 4.69) is 67.4 Å². The second-order valence-electron chi connectivity index (χ2n) is 8.02. The Morgan fingerprint density at radius 3 is 2.61 bits per heavy atom. The van der Waals surface area contributed by atoms with Gasteiger partial charge in [-0.1, -0.05) is 6.07 Å². The van der Waals surface area contributed by atoms with E-state index in [-0.39, 0.29) is 30.1 Å². The quantitative estimate of drug-likeness (QED) is 0.310. The number of piperidine rings is 1. The zero-order valence-corrected chi connectivity index (χ0v) is 22.3. The van der Waals surface area contributed by atoms with Gasteiger partial charge in [0, 0.05) is 50.7 Å². The van der Waals surface area contributed by atoms with Crippen molar-refractivity contribution in [2.45, 2.75) is 38.0 Å². The molecule has 2 aromatic heterocycles. The monoisotopic (exact) mass is 575 g/mol. The number of aliphatic imine (C=N–C) groups is 1. The molecule has 0 bridgehead atoms. The molecule has 2 N–H and O–H groups in total. The molecule has 2 aromatic rings. The highest BCUT2D eigenvalue weighted by Crippen LogP contribution is 2.27. The number of thiophene rings is 2. The van der Waals surface area contributed by atoms with Crippen molar-refractivity contribution in [1.82, 2.24) is 15.5 Å².